The van der Waals surface area contributed by atoms with Crippen molar-refractivity contribution in [3.63, 3.8) is 0 Å². The molecule has 0 aliphatic carbocycles. The normalized spacial score (nSPS) is 10.5. The van der Waals surface area contributed by atoms with Crippen molar-refractivity contribution in [2.24, 2.45) is 0 Å². The van der Waals surface area contributed by atoms with E-state index in [9.17, 15) is 14.9 Å². The number of hydrogen-bond donors (Lipinski definition) is 1. The fraction of sp³-hybridized carbons (Fsp3) is 0.118. The van der Waals surface area contributed by atoms with Crippen LogP contribution in [-0.4, -0.2) is 21.0 Å². The van der Waals surface area contributed by atoms with Crippen LogP contribution in [0.25, 0.3) is 0 Å². The minimum Gasteiger partial charge on any atom is -0.414 e. The fourth-order valence-corrected chi connectivity index (χ4v) is 2.81. The first kappa shape index (κ1) is 17.6. The van der Waals surface area contributed by atoms with Crippen LogP contribution in [0.3, 0.4) is 0 Å². The summed E-state index contributed by atoms with van der Waals surface area (Å²) in [5.74, 6) is 0.625. The topological polar surface area (TPSA) is 111 Å². The number of benzene rings is 2. The predicted molar refractivity (Wildman–Crippen MR) is 94.6 cm³/mol. The zero-order valence-corrected chi connectivity index (χ0v) is 14.3. The maximum Gasteiger partial charge on any atom is 0.276 e. The highest BCUT2D eigenvalue weighted by molar-refractivity contribution is 7.98. The third-order valence-corrected chi connectivity index (χ3v) is 4.28. The average Bonchev–Trinajstić information content (AvgIpc) is 3.13. The fourth-order valence-electron chi connectivity index (χ4n) is 2.07. The van der Waals surface area contributed by atoms with Crippen LogP contribution < -0.4 is 5.32 Å². The second-order valence-electron chi connectivity index (χ2n) is 5.22. The molecule has 0 aliphatic rings. The van der Waals surface area contributed by atoms with Crippen molar-refractivity contribution in [2.75, 3.05) is 0 Å². The van der Waals surface area contributed by atoms with E-state index in [4.69, 9.17) is 4.42 Å². The molecule has 1 aromatic heterocycles. The molecule has 0 atom stereocenters. The Morgan fingerprint density at radius 2 is 1.85 bits per heavy atom. The highest BCUT2D eigenvalue weighted by Crippen LogP contribution is 2.22. The Labute approximate surface area is 152 Å². The van der Waals surface area contributed by atoms with Crippen molar-refractivity contribution in [3.05, 3.63) is 81.7 Å². The maximum atomic E-state index is 12.0. The van der Waals surface area contributed by atoms with E-state index in [1.807, 2.05) is 6.07 Å². The lowest BCUT2D eigenvalue weighted by Crippen LogP contribution is -2.22. The van der Waals surface area contributed by atoms with E-state index in [0.717, 1.165) is 5.56 Å². The predicted octanol–water partition coefficient (Wildman–Crippen LogP) is 3.20. The summed E-state index contributed by atoms with van der Waals surface area (Å²) in [6.07, 6.45) is 0. The second kappa shape index (κ2) is 8.26. The van der Waals surface area contributed by atoms with Crippen molar-refractivity contribution in [3.8, 4) is 0 Å². The molecule has 3 rings (SSSR count). The monoisotopic (exact) mass is 370 g/mol. The summed E-state index contributed by atoms with van der Waals surface area (Å²) in [5.41, 5.74) is 1.51. The summed E-state index contributed by atoms with van der Waals surface area (Å²) >= 11 is 1.32. The van der Waals surface area contributed by atoms with Gasteiger partial charge in [0, 0.05) is 23.4 Å². The molecule has 9 heteroatoms. The van der Waals surface area contributed by atoms with Crippen molar-refractivity contribution < 1.29 is 14.1 Å². The van der Waals surface area contributed by atoms with Crippen LogP contribution in [0, 0.1) is 10.1 Å². The van der Waals surface area contributed by atoms with Gasteiger partial charge in [-0.1, -0.05) is 42.1 Å². The number of carbonyl (C=O) groups is 1. The zero-order chi connectivity index (χ0) is 18.4. The number of nitro benzene ring substituents is 1. The second-order valence-corrected chi connectivity index (χ2v) is 6.15. The number of hydrogen-bond acceptors (Lipinski definition) is 7. The molecule has 0 unspecified atom stereocenters. The minimum atomic E-state index is -0.440. The van der Waals surface area contributed by atoms with Gasteiger partial charge < -0.3 is 9.73 Å². The summed E-state index contributed by atoms with van der Waals surface area (Å²) < 4.78 is 5.47. The highest BCUT2D eigenvalue weighted by Gasteiger charge is 2.10. The molecule has 1 amide bonds. The highest BCUT2D eigenvalue weighted by atomic mass is 32.2. The van der Waals surface area contributed by atoms with Crippen molar-refractivity contribution in [1.29, 1.82) is 0 Å². The SMILES string of the molecule is O=C(NCc1nnc(SCc2ccc([N+](=O)[O-])cc2)o1)c1ccccc1. The van der Waals surface area contributed by atoms with E-state index in [1.165, 1.54) is 23.9 Å². The number of non-ortho nitro benzene ring substituents is 1. The van der Waals surface area contributed by atoms with Crippen LogP contribution in [0.2, 0.25) is 0 Å². The van der Waals surface area contributed by atoms with E-state index in [0.29, 0.717) is 22.4 Å². The van der Waals surface area contributed by atoms with Gasteiger partial charge in [0.05, 0.1) is 11.5 Å². The number of carbonyl (C=O) groups excluding carboxylic acids is 1. The van der Waals surface area contributed by atoms with Crippen molar-refractivity contribution in [1.82, 2.24) is 15.5 Å². The first-order chi connectivity index (χ1) is 12.6. The van der Waals surface area contributed by atoms with Crippen molar-refractivity contribution in [2.45, 2.75) is 17.5 Å². The molecule has 0 saturated carbocycles. The van der Waals surface area contributed by atoms with Gasteiger partial charge in [0.2, 0.25) is 5.89 Å². The Bertz CT molecular complexity index is 897. The van der Waals surface area contributed by atoms with E-state index >= 15 is 0 Å². The standard InChI is InChI=1S/C17H14N4O4S/c22-16(13-4-2-1-3-5-13)18-10-15-19-20-17(25-15)26-11-12-6-8-14(9-7-12)21(23)24/h1-9H,10-11H2,(H,18,22). The molecule has 0 aliphatic heterocycles. The Hall–Kier alpha value is -3.20. The van der Waals surface area contributed by atoms with Crippen LogP contribution in [0.4, 0.5) is 5.69 Å². The van der Waals surface area contributed by atoms with Crippen molar-refractivity contribution >= 4 is 23.4 Å². The minimum absolute atomic E-state index is 0.0491. The van der Waals surface area contributed by atoms with Gasteiger partial charge in [-0.3, -0.25) is 14.9 Å². The lowest BCUT2D eigenvalue weighted by molar-refractivity contribution is -0.384. The van der Waals surface area contributed by atoms with Crippen LogP contribution in [0.15, 0.2) is 64.2 Å². The molecule has 132 valence electrons. The van der Waals surface area contributed by atoms with Gasteiger partial charge in [0.1, 0.15) is 0 Å². The van der Waals surface area contributed by atoms with E-state index < -0.39 is 4.92 Å². The van der Waals surface area contributed by atoms with E-state index in [-0.39, 0.29) is 18.1 Å². The summed E-state index contributed by atoms with van der Waals surface area (Å²) in [6.45, 7) is 0.138. The number of amides is 1. The van der Waals surface area contributed by atoms with Gasteiger partial charge in [0.25, 0.3) is 16.8 Å². The third kappa shape index (κ3) is 4.67. The van der Waals surface area contributed by atoms with Crippen LogP contribution in [0.1, 0.15) is 21.8 Å². The third-order valence-electron chi connectivity index (χ3n) is 3.39. The first-order valence-electron chi connectivity index (χ1n) is 7.63. The molecule has 8 nitrogen and oxygen atoms in total. The van der Waals surface area contributed by atoms with Gasteiger partial charge in [-0.15, -0.1) is 10.2 Å². The summed E-state index contributed by atoms with van der Waals surface area (Å²) in [4.78, 5) is 22.1. The lowest BCUT2D eigenvalue weighted by atomic mass is 10.2. The van der Waals surface area contributed by atoms with Crippen LogP contribution in [0.5, 0.6) is 0 Å². The number of aromatic nitrogens is 2. The van der Waals surface area contributed by atoms with Gasteiger partial charge in [-0.2, -0.15) is 0 Å². The smallest absolute Gasteiger partial charge is 0.276 e. The number of thioether (sulfide) groups is 1. The molecule has 3 aromatic rings. The van der Waals surface area contributed by atoms with Gasteiger partial charge in [-0.25, -0.2) is 0 Å². The number of nitro groups is 1. The summed E-state index contributed by atoms with van der Waals surface area (Å²) in [6, 6.07) is 15.1. The summed E-state index contributed by atoms with van der Waals surface area (Å²) in [5, 5.41) is 21.5. The number of nitrogens with zero attached hydrogens (tertiary/aromatic N) is 3. The van der Waals surface area contributed by atoms with E-state index in [1.54, 1.807) is 36.4 Å². The maximum absolute atomic E-state index is 12.0. The molecule has 1 heterocycles. The Morgan fingerprint density at radius 1 is 1.12 bits per heavy atom. The molecular formula is C17H14N4O4S. The Morgan fingerprint density at radius 3 is 2.54 bits per heavy atom. The molecule has 2 aromatic carbocycles. The molecular weight excluding hydrogens is 356 g/mol. The Balaban J connectivity index is 1.50. The van der Waals surface area contributed by atoms with E-state index in [2.05, 4.69) is 15.5 Å². The van der Waals surface area contributed by atoms with Crippen LogP contribution in [-0.2, 0) is 12.3 Å². The quantitative estimate of drug-likeness (QED) is 0.386. The lowest BCUT2D eigenvalue weighted by Gasteiger charge is -2.01. The molecule has 0 fully saturated rings. The molecule has 0 bridgehead atoms. The number of rotatable bonds is 7. The van der Waals surface area contributed by atoms with Gasteiger partial charge >= 0.3 is 0 Å². The molecule has 1 N–H and O–H groups in total. The molecule has 26 heavy (non-hydrogen) atoms. The molecule has 0 radical (unpaired) electrons. The largest absolute Gasteiger partial charge is 0.414 e. The first-order valence-corrected chi connectivity index (χ1v) is 8.62. The summed E-state index contributed by atoms with van der Waals surface area (Å²) in [7, 11) is 0. The molecule has 0 spiro atoms. The molecule has 0 saturated heterocycles. The average molecular weight is 370 g/mol. The number of nitrogens with one attached hydrogen (secondary N) is 1. The Kier molecular flexibility index (Phi) is 5.59. The zero-order valence-electron chi connectivity index (χ0n) is 13.5. The van der Waals surface area contributed by atoms with Gasteiger partial charge in [0.15, 0.2) is 0 Å². The van der Waals surface area contributed by atoms with Gasteiger partial charge in [-0.05, 0) is 17.7 Å². The van der Waals surface area contributed by atoms with Crippen LogP contribution >= 0.6 is 11.8 Å².